The van der Waals surface area contributed by atoms with Gasteiger partial charge < -0.3 is 4.74 Å². The Morgan fingerprint density at radius 3 is 2.81 bits per heavy atom. The van der Waals surface area contributed by atoms with E-state index >= 15 is 0 Å². The van der Waals surface area contributed by atoms with Crippen LogP contribution < -0.4 is 10.3 Å². The molecule has 7 heteroatoms. The first kappa shape index (κ1) is 18.5. The molecule has 0 saturated heterocycles. The molecule has 0 radical (unpaired) electrons. The lowest BCUT2D eigenvalue weighted by atomic mass is 10.1. The summed E-state index contributed by atoms with van der Waals surface area (Å²) in [6.45, 7) is 4.48. The van der Waals surface area contributed by atoms with Gasteiger partial charge in [0.05, 0.1) is 12.8 Å². The van der Waals surface area contributed by atoms with Crippen LogP contribution in [0.4, 0.5) is 0 Å². The minimum Gasteiger partial charge on any atom is -0.496 e. The average molecular weight is 375 g/mol. The van der Waals surface area contributed by atoms with Gasteiger partial charge >= 0.3 is 0 Å². The van der Waals surface area contributed by atoms with Crippen LogP contribution in [0.15, 0.2) is 35.1 Å². The predicted octanol–water partition coefficient (Wildman–Crippen LogP) is 2.36. The van der Waals surface area contributed by atoms with Gasteiger partial charge in [0.15, 0.2) is 5.65 Å². The third-order valence-corrected chi connectivity index (χ3v) is 4.85. The molecule has 0 bridgehead atoms. The Hall–Kier alpha value is -2.31. The van der Waals surface area contributed by atoms with Gasteiger partial charge in [0.1, 0.15) is 5.75 Å². The van der Waals surface area contributed by atoms with Crippen LogP contribution in [0.25, 0.3) is 5.65 Å². The number of methoxy groups -OCH3 is 1. The van der Waals surface area contributed by atoms with Crippen molar-refractivity contribution < 1.29 is 4.74 Å². The molecule has 138 valence electrons. The maximum absolute atomic E-state index is 12.8. The molecule has 0 aliphatic carbocycles. The van der Waals surface area contributed by atoms with Crippen molar-refractivity contribution in [1.29, 1.82) is 0 Å². The summed E-state index contributed by atoms with van der Waals surface area (Å²) in [6, 6.07) is 10.0. The third-order valence-electron chi connectivity index (χ3n) is 4.85. The van der Waals surface area contributed by atoms with Crippen molar-refractivity contribution >= 4 is 18.1 Å². The molecule has 26 heavy (non-hydrogen) atoms. The molecular weight excluding hydrogens is 352 g/mol. The molecule has 6 nitrogen and oxygen atoms in total. The van der Waals surface area contributed by atoms with Crippen LogP contribution in [0.1, 0.15) is 22.5 Å². The second kappa shape index (κ2) is 7.51. The van der Waals surface area contributed by atoms with Crippen LogP contribution in [-0.2, 0) is 19.4 Å². The van der Waals surface area contributed by atoms with Gasteiger partial charge in [0.25, 0.3) is 5.56 Å². The quantitative estimate of drug-likeness (QED) is 0.764. The Morgan fingerprint density at radius 2 is 2.00 bits per heavy atom. The largest absolute Gasteiger partial charge is 0.496 e. The number of hydrogen-bond acceptors (Lipinski definition) is 4. The smallest absolute Gasteiger partial charge is 0.276 e. The van der Waals surface area contributed by atoms with E-state index < -0.39 is 0 Å². The molecule has 3 aromatic rings. The molecule has 0 fully saturated rings. The second-order valence-corrected chi connectivity index (χ2v) is 6.56. The summed E-state index contributed by atoms with van der Waals surface area (Å²) >= 11 is 0. The SMILES string of the molecule is COc1ccccc1CN1CCc2nc3cc(C)[nH]n3c(=O)c2CC1.Cl. The van der Waals surface area contributed by atoms with Gasteiger partial charge in [-0.1, -0.05) is 18.2 Å². The number of aromatic nitrogens is 3. The fourth-order valence-corrected chi connectivity index (χ4v) is 3.56. The maximum atomic E-state index is 12.8. The number of aromatic amines is 1. The minimum atomic E-state index is 0. The van der Waals surface area contributed by atoms with Crippen molar-refractivity contribution in [2.75, 3.05) is 20.2 Å². The molecule has 2 aromatic heterocycles. The number of hydrogen-bond donors (Lipinski definition) is 1. The first-order valence-corrected chi connectivity index (χ1v) is 8.60. The molecule has 0 unspecified atom stereocenters. The van der Waals surface area contributed by atoms with Gasteiger partial charge in [-0.3, -0.25) is 14.8 Å². The summed E-state index contributed by atoms with van der Waals surface area (Å²) in [5.74, 6) is 0.909. The number of nitrogens with one attached hydrogen (secondary N) is 1. The average Bonchev–Trinajstić information content (AvgIpc) is 2.87. The Balaban J connectivity index is 0.00000196. The highest BCUT2D eigenvalue weighted by atomic mass is 35.5. The number of nitrogens with zero attached hydrogens (tertiary/aromatic N) is 3. The van der Waals surface area contributed by atoms with Gasteiger partial charge in [0, 0.05) is 48.9 Å². The van der Waals surface area contributed by atoms with E-state index in [1.165, 1.54) is 5.56 Å². The van der Waals surface area contributed by atoms with E-state index in [9.17, 15) is 4.79 Å². The zero-order valence-corrected chi connectivity index (χ0v) is 15.8. The van der Waals surface area contributed by atoms with E-state index in [0.29, 0.717) is 5.65 Å². The van der Waals surface area contributed by atoms with Crippen molar-refractivity contribution in [2.24, 2.45) is 0 Å². The summed E-state index contributed by atoms with van der Waals surface area (Å²) in [5, 5.41) is 3.07. The summed E-state index contributed by atoms with van der Waals surface area (Å²) in [6.07, 6.45) is 1.51. The number of H-pyrrole nitrogens is 1. The lowest BCUT2D eigenvalue weighted by molar-refractivity contribution is 0.273. The number of aryl methyl sites for hydroxylation is 1. The summed E-state index contributed by atoms with van der Waals surface area (Å²) in [5.41, 5.74) is 4.63. The van der Waals surface area contributed by atoms with Gasteiger partial charge in [0.2, 0.25) is 0 Å². The number of para-hydroxylation sites is 1. The van der Waals surface area contributed by atoms with E-state index in [4.69, 9.17) is 9.72 Å². The number of halogens is 1. The van der Waals surface area contributed by atoms with E-state index in [-0.39, 0.29) is 18.0 Å². The van der Waals surface area contributed by atoms with E-state index in [1.807, 2.05) is 31.2 Å². The van der Waals surface area contributed by atoms with Crippen molar-refractivity contribution in [2.45, 2.75) is 26.3 Å². The molecule has 4 rings (SSSR count). The molecular formula is C19H23ClN4O2. The third kappa shape index (κ3) is 3.34. The van der Waals surface area contributed by atoms with Crippen LogP contribution in [0, 0.1) is 6.92 Å². The fourth-order valence-electron chi connectivity index (χ4n) is 3.56. The van der Waals surface area contributed by atoms with Crippen LogP contribution in [0.2, 0.25) is 0 Å². The summed E-state index contributed by atoms with van der Waals surface area (Å²) in [7, 11) is 1.70. The predicted molar refractivity (Wildman–Crippen MR) is 103 cm³/mol. The zero-order valence-electron chi connectivity index (χ0n) is 15.0. The van der Waals surface area contributed by atoms with Crippen LogP contribution in [-0.4, -0.2) is 39.7 Å². The van der Waals surface area contributed by atoms with E-state index in [0.717, 1.165) is 55.2 Å². The van der Waals surface area contributed by atoms with E-state index in [1.54, 1.807) is 11.6 Å². The van der Waals surface area contributed by atoms with Gasteiger partial charge in [-0.2, -0.15) is 0 Å². The fraction of sp³-hybridized carbons (Fsp3) is 0.368. The highest BCUT2D eigenvalue weighted by molar-refractivity contribution is 5.85. The molecule has 0 amide bonds. The highest BCUT2D eigenvalue weighted by Gasteiger charge is 2.20. The van der Waals surface area contributed by atoms with Crippen LogP contribution in [0.5, 0.6) is 5.75 Å². The van der Waals surface area contributed by atoms with Gasteiger partial charge in [-0.05, 0) is 19.4 Å². The Morgan fingerprint density at radius 1 is 1.23 bits per heavy atom. The zero-order chi connectivity index (χ0) is 17.4. The molecule has 0 saturated carbocycles. The second-order valence-electron chi connectivity index (χ2n) is 6.56. The van der Waals surface area contributed by atoms with Crippen LogP contribution >= 0.6 is 12.4 Å². The molecule has 3 heterocycles. The highest BCUT2D eigenvalue weighted by Crippen LogP contribution is 2.21. The Bertz CT molecular complexity index is 979. The molecule has 1 aliphatic rings. The number of rotatable bonds is 3. The number of ether oxygens (including phenoxy) is 1. The molecule has 1 aliphatic heterocycles. The van der Waals surface area contributed by atoms with Crippen molar-refractivity contribution in [3.05, 3.63) is 63.2 Å². The van der Waals surface area contributed by atoms with Gasteiger partial charge in [-0.15, -0.1) is 12.4 Å². The van der Waals surface area contributed by atoms with Crippen molar-refractivity contribution in [3.8, 4) is 5.75 Å². The Kier molecular flexibility index (Phi) is 5.34. The molecule has 1 N–H and O–H groups in total. The molecule has 0 atom stereocenters. The first-order valence-electron chi connectivity index (χ1n) is 8.60. The first-order chi connectivity index (χ1) is 12.2. The standard InChI is InChI=1S/C19H22N4O2.ClH/c1-13-11-18-20-16-8-10-22(9-7-15(16)19(24)23(18)21-13)12-14-5-3-4-6-17(14)25-2;/h3-6,11,21H,7-10,12H2,1-2H3;1H. The number of benzene rings is 1. The number of fused-ring (bicyclic) bond motifs is 2. The Labute approximate surface area is 158 Å². The topological polar surface area (TPSA) is 62.6 Å². The lowest BCUT2D eigenvalue weighted by Gasteiger charge is -2.20. The van der Waals surface area contributed by atoms with Crippen molar-refractivity contribution in [1.82, 2.24) is 19.5 Å². The summed E-state index contributed by atoms with van der Waals surface area (Å²) in [4.78, 5) is 19.8. The van der Waals surface area contributed by atoms with Crippen LogP contribution in [0.3, 0.4) is 0 Å². The van der Waals surface area contributed by atoms with Crippen molar-refractivity contribution in [3.63, 3.8) is 0 Å². The molecule has 0 spiro atoms. The van der Waals surface area contributed by atoms with E-state index in [2.05, 4.69) is 16.1 Å². The lowest BCUT2D eigenvalue weighted by Crippen LogP contribution is -2.27. The molecule has 1 aromatic carbocycles. The maximum Gasteiger partial charge on any atom is 0.276 e. The minimum absolute atomic E-state index is 0. The monoisotopic (exact) mass is 374 g/mol. The summed E-state index contributed by atoms with van der Waals surface area (Å²) < 4.78 is 7.02. The normalized spacial score (nSPS) is 14.5. The van der Waals surface area contributed by atoms with Gasteiger partial charge in [-0.25, -0.2) is 9.50 Å².